The van der Waals surface area contributed by atoms with E-state index in [1.54, 1.807) is 60.8 Å². The Kier molecular flexibility index (Phi) is 31.6. The van der Waals surface area contributed by atoms with E-state index in [2.05, 4.69) is 84.7 Å². The van der Waals surface area contributed by atoms with E-state index >= 15 is 14.4 Å². The molecule has 548 valence electrons. The average Bonchev–Trinajstić information content (AvgIpc) is 1.63. The van der Waals surface area contributed by atoms with Crippen LogP contribution in [0.1, 0.15) is 69.1 Å². The van der Waals surface area contributed by atoms with Crippen molar-refractivity contribution in [1.82, 2.24) is 84.7 Å². The highest BCUT2D eigenvalue weighted by molar-refractivity contribution is 8.76. The summed E-state index contributed by atoms with van der Waals surface area (Å²) in [7, 11) is 1.75. The number of aromatic nitrogens is 1. The number of hydrogen-bond donors (Lipinski definition) is 22. The molecule has 9 amide bonds. The number of hydrogen-bond acceptors (Lipinski definition) is 23. The molecule has 3 saturated heterocycles. The molecule has 24 N–H and O–H groups in total. The number of rotatable bonds is 23. The molecule has 0 aliphatic carbocycles. The van der Waals surface area contributed by atoms with Gasteiger partial charge < -0.3 is 106 Å². The van der Waals surface area contributed by atoms with Crippen LogP contribution in [-0.4, -0.2) is 240 Å². The third kappa shape index (κ3) is 25.3. The van der Waals surface area contributed by atoms with Gasteiger partial charge in [0.15, 0.2) is 6.04 Å². The molecule has 4 heterocycles. The van der Waals surface area contributed by atoms with Crippen LogP contribution in [0.25, 0.3) is 10.9 Å². The summed E-state index contributed by atoms with van der Waals surface area (Å²) >= 11 is 0. The zero-order chi connectivity index (χ0) is 72.2. The predicted octanol–water partition coefficient (Wildman–Crippen LogP) is -4.65. The minimum Gasteiger partial charge on any atom is -0.508 e. The molecule has 0 saturated carbocycles. The Bertz CT molecular complexity index is 3360. The average molecular weight is 1430 g/mol. The highest BCUT2D eigenvalue weighted by Gasteiger charge is 2.39. The van der Waals surface area contributed by atoms with E-state index in [9.17, 15) is 54.0 Å². The molecule has 7 rings (SSSR count). The quantitative estimate of drug-likeness (QED) is 0.0245. The second-order valence-electron chi connectivity index (χ2n) is 25.4. The molecular formula is C66H98N18O14S2. The molecule has 34 heteroatoms. The highest BCUT2D eigenvalue weighted by atomic mass is 33.1. The van der Waals surface area contributed by atoms with E-state index in [4.69, 9.17) is 11.5 Å². The van der Waals surface area contributed by atoms with Gasteiger partial charge in [0, 0.05) is 126 Å². The number of unbranched alkanes of at least 4 members (excludes halogenated alkanes) is 1. The lowest BCUT2D eigenvalue weighted by molar-refractivity contribution is -0.145. The van der Waals surface area contributed by atoms with E-state index in [1.165, 1.54) is 31.2 Å². The molecule has 3 aliphatic rings. The Morgan fingerprint density at radius 3 is 1.89 bits per heavy atom. The van der Waals surface area contributed by atoms with Crippen LogP contribution in [0.3, 0.4) is 0 Å². The summed E-state index contributed by atoms with van der Waals surface area (Å²) in [4.78, 5) is 147. The summed E-state index contributed by atoms with van der Waals surface area (Å²) in [6.45, 7) is 7.62. The molecular weight excluding hydrogens is 1330 g/mol. The lowest BCUT2D eigenvalue weighted by atomic mass is 10.0. The van der Waals surface area contributed by atoms with Crippen molar-refractivity contribution in [3.05, 3.63) is 102 Å². The van der Waals surface area contributed by atoms with Crippen molar-refractivity contribution >= 4 is 91.6 Å². The molecule has 2 bridgehead atoms. The van der Waals surface area contributed by atoms with Crippen LogP contribution in [0.2, 0.25) is 0 Å². The largest absolute Gasteiger partial charge is 0.508 e. The monoisotopic (exact) mass is 1430 g/mol. The lowest BCUT2D eigenvalue weighted by Gasteiger charge is -2.39. The number of carbonyl (C=O) groups is 10. The lowest BCUT2D eigenvalue weighted by Crippen LogP contribution is -2.72. The van der Waals surface area contributed by atoms with Gasteiger partial charge in [-0.3, -0.25) is 53.8 Å². The number of nitrogens with one attached hydrogen (secondary N) is 16. The van der Waals surface area contributed by atoms with Crippen LogP contribution in [0.4, 0.5) is 0 Å². The summed E-state index contributed by atoms with van der Waals surface area (Å²) < 4.78 is 0. The number of carbonyl (C=O) groups excluding carboxylic acids is 9. The number of H-pyrrole nitrogens is 1. The smallest absolute Gasteiger partial charge is 0.328 e. The van der Waals surface area contributed by atoms with Crippen LogP contribution in [-0.2, 0) is 67.2 Å². The molecule has 100 heavy (non-hydrogen) atoms. The summed E-state index contributed by atoms with van der Waals surface area (Å²) in [5, 5.41) is 87.2. The number of aliphatic hydroxyl groups is 2. The van der Waals surface area contributed by atoms with E-state index in [1.807, 2.05) is 0 Å². The van der Waals surface area contributed by atoms with Gasteiger partial charge in [-0.15, -0.1) is 0 Å². The highest BCUT2D eigenvalue weighted by Crippen LogP contribution is 2.25. The second-order valence-corrected chi connectivity index (χ2v) is 27.9. The predicted molar refractivity (Wildman–Crippen MR) is 377 cm³/mol. The van der Waals surface area contributed by atoms with Crippen molar-refractivity contribution in [2.24, 2.45) is 11.5 Å². The Labute approximate surface area is 588 Å². The molecule has 32 nitrogen and oxygen atoms in total. The fourth-order valence-electron chi connectivity index (χ4n) is 11.6. The molecule has 1 aromatic heterocycles. The number of nitrogens with two attached hydrogens (primary N) is 2. The Balaban J connectivity index is 1.20. The molecule has 0 radical (unpaired) electrons. The summed E-state index contributed by atoms with van der Waals surface area (Å²) in [5.74, 6) is -10.3. The fraction of sp³-hybridized carbons (Fsp3) is 0.545. The third-order valence-electron chi connectivity index (χ3n) is 17.1. The number of aliphatic hydroxyl groups excluding tert-OH is 2. The molecule has 3 fully saturated rings. The van der Waals surface area contributed by atoms with Gasteiger partial charge in [0.25, 0.3) is 0 Å². The Morgan fingerprint density at radius 1 is 0.630 bits per heavy atom. The minimum atomic E-state index is -1.88. The molecule has 0 spiro atoms. The zero-order valence-electron chi connectivity index (χ0n) is 56.3. The summed E-state index contributed by atoms with van der Waals surface area (Å²) in [6, 6.07) is 8.82. The van der Waals surface area contributed by atoms with Gasteiger partial charge in [-0.1, -0.05) is 82.3 Å². The number of benzene rings is 3. The fourth-order valence-corrected chi connectivity index (χ4v) is 13.9. The van der Waals surface area contributed by atoms with Crippen LogP contribution in [0.15, 0.2) is 85.1 Å². The number of amides is 9. The first-order chi connectivity index (χ1) is 47.9. The summed E-state index contributed by atoms with van der Waals surface area (Å²) in [5.41, 5.74) is 13.2. The first-order valence-electron chi connectivity index (χ1n) is 33.7. The van der Waals surface area contributed by atoms with Crippen molar-refractivity contribution in [3.8, 4) is 5.75 Å². The van der Waals surface area contributed by atoms with Gasteiger partial charge >= 0.3 is 5.97 Å². The van der Waals surface area contributed by atoms with Crippen molar-refractivity contribution in [1.29, 1.82) is 0 Å². The van der Waals surface area contributed by atoms with Crippen LogP contribution in [0.5, 0.6) is 5.75 Å². The van der Waals surface area contributed by atoms with Gasteiger partial charge in [-0.25, -0.2) is 4.79 Å². The number of phenols is 1. The van der Waals surface area contributed by atoms with Crippen LogP contribution in [0, 0.1) is 0 Å². The van der Waals surface area contributed by atoms with E-state index in [-0.39, 0.29) is 75.3 Å². The van der Waals surface area contributed by atoms with Gasteiger partial charge in [0.1, 0.15) is 53.7 Å². The van der Waals surface area contributed by atoms with Gasteiger partial charge in [-0.05, 0) is 81.0 Å². The first kappa shape index (κ1) is 79.3. The zero-order valence-corrected chi connectivity index (χ0v) is 57.9. The SMILES string of the molecule is CC(O)C(NC(=O)[C@@H]1CSSC[C@H](NC(=O)C(Cc2ccccc2)NC(=O)CCCC(=O)NC23CNCCNCC(N)(CNCCNC2)NCCN3)C(=O)NC(Cc2ccc(O)cc2)C(=O)N[C@H](Cc2c[nH]c3ccccc23)C(=O)NC(CCCCN)C(=O)NC(C(C)O)C(=O)N1)C(=O)O. The Morgan fingerprint density at radius 2 is 1.23 bits per heavy atom. The normalized spacial score (nSPS) is 25.0. The molecule has 10 atom stereocenters. The molecule has 3 aliphatic heterocycles. The Hall–Kier alpha value is -8.00. The van der Waals surface area contributed by atoms with Gasteiger partial charge in [0.05, 0.1) is 17.9 Å². The number of carboxylic acid groups (broad SMARTS) is 1. The number of carboxylic acids is 1. The maximum absolute atomic E-state index is 15.2. The minimum absolute atomic E-state index is 0.0608. The second kappa shape index (κ2) is 39.9. The number of aliphatic carboxylic acids is 1. The number of phenolic OH excluding ortho intramolecular Hbond substituents is 1. The maximum Gasteiger partial charge on any atom is 0.328 e. The molecule has 3 aromatic carbocycles. The van der Waals surface area contributed by atoms with Crippen molar-refractivity contribution < 1.29 is 68.4 Å². The number of aromatic amines is 1. The van der Waals surface area contributed by atoms with Crippen molar-refractivity contribution in [2.45, 2.75) is 144 Å². The standard InChI is InChI=1S/C66H98N18O14S2/c1-39(85)55-63(96)81-52(62(95)83-56(40(2)86)64(97)98)34-100-99-33-51(61(94)78-49(30-42-18-20-44(87)21-19-42)59(92)79-50(31-43-32-73-46-14-7-6-13-45(43)46)60(93)77-47(57(90)82-55)15-8-9-22-67)80-58(91)48(29-41-11-4-3-5-12-41)76-53(88)16-10-17-54(89)84-66-37-71-25-23-69-35-65(68,74-27-28-75-66)36-70-24-26-72-38-66/h3-7,11-14,18-21,32,39-40,47-52,55-56,69-75,85-87H,8-10,15-17,22-31,33-38,67-68H2,1-2H3,(H,76,88)(H,77,93)(H,78,94)(H,79,92)(H,80,91)(H,81,96)(H,82,90)(H,83,95)(H,84,89)(H,97,98)/t39?,40?,47?,48?,49?,50-,51+,52+,55?,56?,65?,66?/m1/s1. The maximum atomic E-state index is 15.2. The van der Waals surface area contributed by atoms with E-state index in [0.717, 1.165) is 28.5 Å². The molecule has 4 aromatic rings. The van der Waals surface area contributed by atoms with Gasteiger partial charge in [-0.2, -0.15) is 0 Å². The summed E-state index contributed by atoms with van der Waals surface area (Å²) in [6.07, 6.45) is -1.81. The number of fused-ring (bicyclic) bond motifs is 6. The van der Waals surface area contributed by atoms with Crippen LogP contribution < -0.4 is 91.2 Å². The first-order valence-corrected chi connectivity index (χ1v) is 36.2. The van der Waals surface area contributed by atoms with E-state index < -0.39 is 131 Å². The van der Waals surface area contributed by atoms with Gasteiger partial charge in [0.2, 0.25) is 53.2 Å². The number of aromatic hydroxyl groups is 1. The third-order valence-corrected chi connectivity index (χ3v) is 19.5. The molecule has 7 unspecified atom stereocenters. The topological polar surface area (TPSA) is 500 Å². The van der Waals surface area contributed by atoms with E-state index in [0.29, 0.717) is 99.5 Å². The van der Waals surface area contributed by atoms with Crippen LogP contribution >= 0.6 is 21.6 Å². The van der Waals surface area contributed by atoms with Crippen molar-refractivity contribution in [3.63, 3.8) is 0 Å². The van der Waals surface area contributed by atoms with Crippen molar-refractivity contribution in [2.75, 3.05) is 83.5 Å². The number of para-hydroxylation sites is 1.